The highest BCUT2D eigenvalue weighted by Gasteiger charge is 2.23. The Morgan fingerprint density at radius 3 is 2.14 bits per heavy atom. The van der Waals surface area contributed by atoms with E-state index in [-0.39, 0.29) is 0 Å². The summed E-state index contributed by atoms with van der Waals surface area (Å²) in [5, 5.41) is 2.60. The molecule has 1 heteroatoms. The normalized spacial score (nSPS) is 12.3. The molecule has 0 saturated heterocycles. The van der Waals surface area contributed by atoms with Crippen LogP contribution in [0.5, 0.6) is 0 Å². The van der Waals surface area contributed by atoms with E-state index in [2.05, 4.69) is 121 Å². The number of hydrogen-bond donors (Lipinski definition) is 0. The molecule has 1 aliphatic carbocycles. The molecule has 0 aliphatic heterocycles. The number of hydrogen-bond acceptors (Lipinski definition) is 1. The summed E-state index contributed by atoms with van der Waals surface area (Å²) >= 11 is 1.93. The fraction of sp³-hybridized carbons (Fsp3) is 0.0556. The van der Waals surface area contributed by atoms with E-state index in [1.807, 2.05) is 23.5 Å². The number of rotatable bonds is 4. The molecule has 0 bridgehead atoms. The molecule has 0 atom stereocenters. The molecule has 0 amide bonds. The van der Waals surface area contributed by atoms with Crippen molar-refractivity contribution in [2.75, 3.05) is 0 Å². The SMILES string of the molecule is c1cccc(-c2ccccc2-c2sc(-c3ccc(-c4ccccc4)c4ccccc34)c3c2CCC=C3)c#1. The Hall–Kier alpha value is -4.38. The van der Waals surface area contributed by atoms with E-state index < -0.39 is 0 Å². The van der Waals surface area contributed by atoms with E-state index >= 15 is 0 Å². The van der Waals surface area contributed by atoms with Crippen molar-refractivity contribution in [2.24, 2.45) is 0 Å². The van der Waals surface area contributed by atoms with E-state index in [4.69, 9.17) is 0 Å². The molecule has 5 aromatic carbocycles. The fourth-order valence-corrected chi connectivity index (χ4v) is 6.96. The van der Waals surface area contributed by atoms with E-state index in [1.165, 1.54) is 59.5 Å². The molecule has 174 valence electrons. The first kappa shape index (κ1) is 21.9. The molecule has 1 heterocycles. The van der Waals surface area contributed by atoms with Crippen LogP contribution in [0.1, 0.15) is 17.5 Å². The second-order valence-electron chi connectivity index (χ2n) is 9.42. The molecule has 7 rings (SSSR count). The smallest absolute Gasteiger partial charge is 0.0430 e. The Morgan fingerprint density at radius 1 is 0.595 bits per heavy atom. The summed E-state index contributed by atoms with van der Waals surface area (Å²) in [4.78, 5) is 2.73. The Bertz CT molecular complexity index is 1750. The van der Waals surface area contributed by atoms with Gasteiger partial charge in [-0.05, 0) is 63.6 Å². The summed E-state index contributed by atoms with van der Waals surface area (Å²) in [5.41, 5.74) is 10.3. The highest BCUT2D eigenvalue weighted by atomic mass is 32.1. The highest BCUT2D eigenvalue weighted by molar-refractivity contribution is 7.19. The molecule has 1 aromatic heterocycles. The number of allylic oxidation sites excluding steroid dienone is 1. The van der Waals surface area contributed by atoms with Crippen molar-refractivity contribution in [3.8, 4) is 43.1 Å². The van der Waals surface area contributed by atoms with Gasteiger partial charge in [0, 0.05) is 26.4 Å². The summed E-state index contributed by atoms with van der Waals surface area (Å²) in [7, 11) is 0. The maximum atomic E-state index is 3.33. The van der Waals surface area contributed by atoms with Crippen molar-refractivity contribution >= 4 is 28.2 Å². The first-order chi connectivity index (χ1) is 18.4. The lowest BCUT2D eigenvalue weighted by Gasteiger charge is -2.13. The lowest BCUT2D eigenvalue weighted by atomic mass is 9.89. The van der Waals surface area contributed by atoms with Gasteiger partial charge in [0.25, 0.3) is 0 Å². The summed E-state index contributed by atoms with van der Waals surface area (Å²) in [5.74, 6) is 0. The van der Waals surface area contributed by atoms with Crippen LogP contribution in [0, 0.1) is 12.1 Å². The van der Waals surface area contributed by atoms with Gasteiger partial charge in [-0.2, -0.15) is 0 Å². The molecule has 37 heavy (non-hydrogen) atoms. The second-order valence-corrected chi connectivity index (χ2v) is 10.4. The molecule has 1 aliphatic rings. The van der Waals surface area contributed by atoms with Crippen molar-refractivity contribution in [1.29, 1.82) is 0 Å². The Morgan fingerprint density at radius 2 is 1.32 bits per heavy atom. The molecule has 0 N–H and O–H groups in total. The van der Waals surface area contributed by atoms with Crippen LogP contribution >= 0.6 is 11.3 Å². The average molecular weight is 489 g/mol. The van der Waals surface area contributed by atoms with E-state index in [9.17, 15) is 0 Å². The molecular formula is C36H24S. The van der Waals surface area contributed by atoms with Gasteiger partial charge in [0.05, 0.1) is 0 Å². The highest BCUT2D eigenvalue weighted by Crippen LogP contribution is 2.49. The molecule has 0 spiro atoms. The number of fused-ring (bicyclic) bond motifs is 2. The summed E-state index contributed by atoms with van der Waals surface area (Å²) in [6.07, 6.45) is 6.82. The van der Waals surface area contributed by atoms with Crippen LogP contribution in [-0.2, 0) is 6.42 Å². The average Bonchev–Trinajstić information content (AvgIpc) is 3.37. The topological polar surface area (TPSA) is 0 Å². The number of thiophene rings is 1. The zero-order chi connectivity index (χ0) is 24.6. The molecule has 0 saturated carbocycles. The summed E-state index contributed by atoms with van der Waals surface area (Å²) in [6.45, 7) is 0. The second kappa shape index (κ2) is 9.25. The maximum absolute atomic E-state index is 3.33. The minimum atomic E-state index is 1.07. The molecular weight excluding hydrogens is 464 g/mol. The van der Waals surface area contributed by atoms with Gasteiger partial charge < -0.3 is 0 Å². The first-order valence-electron chi connectivity index (χ1n) is 12.8. The molecule has 0 fully saturated rings. The fourth-order valence-electron chi connectivity index (χ4n) is 5.54. The van der Waals surface area contributed by atoms with Gasteiger partial charge >= 0.3 is 0 Å². The largest absolute Gasteiger partial charge is 0.134 e. The third-order valence-electron chi connectivity index (χ3n) is 7.26. The van der Waals surface area contributed by atoms with Gasteiger partial charge in [-0.15, -0.1) is 11.3 Å². The molecule has 0 nitrogen and oxygen atoms in total. The summed E-state index contributed by atoms with van der Waals surface area (Å²) < 4.78 is 0. The van der Waals surface area contributed by atoms with Crippen LogP contribution in [0.3, 0.4) is 0 Å². The van der Waals surface area contributed by atoms with Gasteiger partial charge in [0.15, 0.2) is 0 Å². The predicted molar refractivity (Wildman–Crippen MR) is 159 cm³/mol. The zero-order valence-electron chi connectivity index (χ0n) is 20.4. The van der Waals surface area contributed by atoms with E-state index in [0.717, 1.165) is 18.4 Å². The van der Waals surface area contributed by atoms with Crippen LogP contribution in [-0.4, -0.2) is 0 Å². The minimum absolute atomic E-state index is 1.07. The van der Waals surface area contributed by atoms with Gasteiger partial charge in [-0.1, -0.05) is 121 Å². The van der Waals surface area contributed by atoms with Crippen LogP contribution < -0.4 is 0 Å². The molecule has 0 radical (unpaired) electrons. The van der Waals surface area contributed by atoms with Gasteiger partial charge in [-0.3, -0.25) is 0 Å². The monoisotopic (exact) mass is 488 g/mol. The van der Waals surface area contributed by atoms with Crippen LogP contribution in [0.2, 0.25) is 0 Å². The van der Waals surface area contributed by atoms with Gasteiger partial charge in [0.2, 0.25) is 0 Å². The van der Waals surface area contributed by atoms with Crippen LogP contribution in [0.25, 0.3) is 60.0 Å². The molecule has 0 unspecified atom stereocenters. The van der Waals surface area contributed by atoms with Crippen molar-refractivity contribution in [3.05, 3.63) is 139 Å². The lowest BCUT2D eigenvalue weighted by Crippen LogP contribution is -1.94. The Balaban J connectivity index is 1.46. The quantitative estimate of drug-likeness (QED) is 0.231. The van der Waals surface area contributed by atoms with Crippen molar-refractivity contribution in [1.82, 2.24) is 0 Å². The van der Waals surface area contributed by atoms with Gasteiger partial charge in [-0.25, -0.2) is 0 Å². The minimum Gasteiger partial charge on any atom is -0.134 e. The lowest BCUT2D eigenvalue weighted by molar-refractivity contribution is 0.996. The zero-order valence-corrected chi connectivity index (χ0v) is 21.2. The summed E-state index contributed by atoms with van der Waals surface area (Å²) in [6, 6.07) is 45.5. The third-order valence-corrected chi connectivity index (χ3v) is 8.57. The van der Waals surface area contributed by atoms with Crippen molar-refractivity contribution in [3.63, 3.8) is 0 Å². The van der Waals surface area contributed by atoms with Crippen molar-refractivity contribution in [2.45, 2.75) is 12.8 Å². The predicted octanol–water partition coefficient (Wildman–Crippen LogP) is 10.1. The Labute approximate surface area is 222 Å². The number of benzene rings is 4. The standard InChI is InChI=1S/C36H24S/c1-3-13-25(14-4-1)27-17-7-10-20-31(27)35-32-21-11-12-22-33(32)36(37-35)34-24-23-28(26-15-5-2-6-16-26)29-18-8-9-19-30(29)34/h1-3,5-10,12-13,15-20,22-24H,11,21H2. The van der Waals surface area contributed by atoms with Crippen LogP contribution in [0.4, 0.5) is 0 Å². The molecule has 6 aromatic rings. The van der Waals surface area contributed by atoms with Crippen LogP contribution in [0.15, 0.2) is 115 Å². The first-order valence-corrected chi connectivity index (χ1v) is 13.6. The van der Waals surface area contributed by atoms with E-state index in [0.29, 0.717) is 0 Å². The maximum Gasteiger partial charge on any atom is 0.0430 e. The van der Waals surface area contributed by atoms with Gasteiger partial charge in [0.1, 0.15) is 0 Å². The van der Waals surface area contributed by atoms with Crippen molar-refractivity contribution < 1.29 is 0 Å². The third kappa shape index (κ3) is 3.78. The Kier molecular flexibility index (Phi) is 5.47. The van der Waals surface area contributed by atoms with E-state index in [1.54, 1.807) is 0 Å².